The Morgan fingerprint density at radius 3 is 2.61 bits per heavy atom. The molecule has 1 N–H and O–H groups in total. The minimum absolute atomic E-state index is 0.00617. The molecule has 3 aliphatic rings. The standard InChI is InChI=1S/C22H29N7O2/c1-22(2,3)13-29-17-7-8-18(25-19(17)26(4)21(29)31)27-11-16-6-5-15(27)12-28(16)20(30)14-9-23-24-10-14/h7-10,15-16H,5-6,11-13H2,1-4H3,(H,23,24). The smallest absolute Gasteiger partial charge is 0.330 e. The first kappa shape index (κ1) is 19.8. The molecule has 0 saturated carbocycles. The Morgan fingerprint density at radius 1 is 1.19 bits per heavy atom. The van der Waals surface area contributed by atoms with Crippen molar-refractivity contribution in [2.45, 2.75) is 52.2 Å². The molecule has 3 aromatic heterocycles. The summed E-state index contributed by atoms with van der Waals surface area (Å²) >= 11 is 0. The van der Waals surface area contributed by atoms with Gasteiger partial charge in [0.15, 0.2) is 5.65 Å². The van der Waals surface area contributed by atoms with Crippen LogP contribution >= 0.6 is 0 Å². The van der Waals surface area contributed by atoms with E-state index in [2.05, 4.69) is 35.9 Å². The number of aromatic nitrogens is 5. The average Bonchev–Trinajstić information content (AvgIpc) is 3.36. The zero-order valence-electron chi connectivity index (χ0n) is 18.5. The predicted molar refractivity (Wildman–Crippen MR) is 118 cm³/mol. The highest BCUT2D eigenvalue weighted by atomic mass is 16.2. The summed E-state index contributed by atoms with van der Waals surface area (Å²) < 4.78 is 3.46. The number of carbonyl (C=O) groups excluding carboxylic acids is 1. The summed E-state index contributed by atoms with van der Waals surface area (Å²) in [7, 11) is 1.79. The Bertz CT molecular complexity index is 1190. The molecule has 2 unspecified atom stereocenters. The van der Waals surface area contributed by atoms with E-state index in [9.17, 15) is 9.59 Å². The van der Waals surface area contributed by atoms with Crippen LogP contribution in [0.2, 0.25) is 0 Å². The Labute approximate surface area is 180 Å². The number of aromatic amines is 1. The molecule has 164 valence electrons. The third kappa shape index (κ3) is 3.32. The number of rotatable bonds is 3. The fraction of sp³-hybridized carbons (Fsp3) is 0.545. The van der Waals surface area contributed by atoms with Crippen LogP contribution in [0.1, 0.15) is 44.0 Å². The lowest BCUT2D eigenvalue weighted by atomic mass is 9.90. The van der Waals surface area contributed by atoms with E-state index in [0.717, 1.165) is 30.7 Å². The van der Waals surface area contributed by atoms with Crippen LogP contribution in [0.25, 0.3) is 11.2 Å². The summed E-state index contributed by atoms with van der Waals surface area (Å²) in [5.74, 6) is 0.911. The summed E-state index contributed by atoms with van der Waals surface area (Å²) in [5.41, 5.74) is 2.14. The van der Waals surface area contributed by atoms with Crippen molar-refractivity contribution in [1.82, 2.24) is 29.2 Å². The van der Waals surface area contributed by atoms with E-state index in [1.54, 1.807) is 24.0 Å². The fourth-order valence-corrected chi connectivity index (χ4v) is 4.94. The molecule has 2 atom stereocenters. The van der Waals surface area contributed by atoms with E-state index in [1.165, 1.54) is 0 Å². The number of imidazole rings is 1. The Morgan fingerprint density at radius 2 is 1.97 bits per heavy atom. The molecule has 3 fully saturated rings. The SMILES string of the molecule is Cn1c(=O)n(CC(C)(C)C)c2ccc(N3CC4CCC3CN4C(=O)c3cn[nH]c3)nc21. The lowest BCUT2D eigenvalue weighted by Gasteiger charge is -2.51. The molecule has 31 heavy (non-hydrogen) atoms. The Hall–Kier alpha value is -3.10. The van der Waals surface area contributed by atoms with Gasteiger partial charge in [0.05, 0.1) is 17.3 Å². The molecule has 0 spiro atoms. The van der Waals surface area contributed by atoms with Crippen molar-refractivity contribution in [3.8, 4) is 0 Å². The topological polar surface area (TPSA) is 92.0 Å². The second-order valence-electron chi connectivity index (χ2n) is 9.98. The molecular formula is C22H29N7O2. The van der Waals surface area contributed by atoms with E-state index >= 15 is 0 Å². The summed E-state index contributed by atoms with van der Waals surface area (Å²) in [5, 5.41) is 6.63. The predicted octanol–water partition coefficient (Wildman–Crippen LogP) is 2.00. The van der Waals surface area contributed by atoms with E-state index in [-0.39, 0.29) is 29.1 Å². The highest BCUT2D eigenvalue weighted by Crippen LogP contribution is 2.33. The molecule has 1 amide bonds. The van der Waals surface area contributed by atoms with Crippen molar-refractivity contribution in [2.75, 3.05) is 18.0 Å². The number of H-pyrrole nitrogens is 1. The fourth-order valence-electron chi connectivity index (χ4n) is 4.94. The largest absolute Gasteiger partial charge is 0.350 e. The molecule has 0 aliphatic carbocycles. The van der Waals surface area contributed by atoms with Gasteiger partial charge in [-0.25, -0.2) is 9.78 Å². The molecular weight excluding hydrogens is 394 g/mol. The third-order valence-corrected chi connectivity index (χ3v) is 6.43. The van der Waals surface area contributed by atoms with Crippen molar-refractivity contribution < 1.29 is 4.79 Å². The van der Waals surface area contributed by atoms with E-state index < -0.39 is 0 Å². The number of nitrogens with one attached hydrogen (secondary N) is 1. The number of nitrogens with zero attached hydrogens (tertiary/aromatic N) is 6. The maximum Gasteiger partial charge on any atom is 0.330 e. The summed E-state index contributed by atoms with van der Waals surface area (Å²) in [4.78, 5) is 34.9. The number of piperidine rings is 2. The second-order valence-corrected chi connectivity index (χ2v) is 9.98. The first-order valence-electron chi connectivity index (χ1n) is 10.9. The molecule has 6 rings (SSSR count). The molecule has 2 bridgehead atoms. The molecule has 9 nitrogen and oxygen atoms in total. The van der Waals surface area contributed by atoms with Gasteiger partial charge in [-0.15, -0.1) is 0 Å². The molecule has 0 radical (unpaired) electrons. The van der Waals surface area contributed by atoms with Crippen LogP contribution in [0, 0.1) is 5.41 Å². The van der Waals surface area contributed by atoms with Crippen molar-refractivity contribution in [3.63, 3.8) is 0 Å². The number of aryl methyl sites for hydroxylation is 1. The zero-order valence-corrected chi connectivity index (χ0v) is 18.5. The summed E-state index contributed by atoms with van der Waals surface area (Å²) in [6.45, 7) is 8.45. The first-order chi connectivity index (χ1) is 14.7. The van der Waals surface area contributed by atoms with Gasteiger partial charge < -0.3 is 9.80 Å². The molecule has 9 heteroatoms. The molecule has 3 saturated heterocycles. The number of amides is 1. The van der Waals surface area contributed by atoms with Gasteiger partial charge in [0, 0.05) is 45.0 Å². The van der Waals surface area contributed by atoms with Crippen molar-refractivity contribution in [1.29, 1.82) is 0 Å². The summed E-state index contributed by atoms with van der Waals surface area (Å²) in [6, 6.07) is 4.41. The molecule has 3 aromatic rings. The minimum Gasteiger partial charge on any atom is -0.350 e. The molecule has 6 heterocycles. The third-order valence-electron chi connectivity index (χ3n) is 6.43. The van der Waals surface area contributed by atoms with Crippen LogP contribution in [0.3, 0.4) is 0 Å². The highest BCUT2D eigenvalue weighted by molar-refractivity contribution is 5.94. The van der Waals surface area contributed by atoms with Crippen molar-refractivity contribution >= 4 is 22.9 Å². The number of pyridine rings is 1. The van der Waals surface area contributed by atoms with Gasteiger partial charge >= 0.3 is 5.69 Å². The van der Waals surface area contributed by atoms with Gasteiger partial charge in [-0.1, -0.05) is 20.8 Å². The molecule has 0 aromatic carbocycles. The number of carbonyl (C=O) groups is 1. The highest BCUT2D eigenvalue weighted by Gasteiger charge is 2.42. The van der Waals surface area contributed by atoms with Crippen LogP contribution in [0.15, 0.2) is 29.3 Å². The number of hydrogen-bond donors (Lipinski definition) is 1. The number of hydrogen-bond acceptors (Lipinski definition) is 5. The quantitative estimate of drug-likeness (QED) is 0.696. The van der Waals surface area contributed by atoms with E-state index in [4.69, 9.17) is 4.98 Å². The normalized spacial score (nSPS) is 21.3. The lowest BCUT2D eigenvalue weighted by molar-refractivity contribution is 0.0504. The monoisotopic (exact) mass is 423 g/mol. The van der Waals surface area contributed by atoms with Gasteiger partial charge in [0.2, 0.25) is 0 Å². The Balaban J connectivity index is 1.44. The lowest BCUT2D eigenvalue weighted by Crippen LogP contribution is -2.64. The van der Waals surface area contributed by atoms with Gasteiger partial charge in [-0.05, 0) is 30.4 Å². The van der Waals surface area contributed by atoms with Gasteiger partial charge in [-0.2, -0.15) is 5.10 Å². The van der Waals surface area contributed by atoms with Gasteiger partial charge in [0.25, 0.3) is 5.91 Å². The van der Waals surface area contributed by atoms with Crippen LogP contribution in [0.4, 0.5) is 5.82 Å². The first-order valence-corrected chi connectivity index (χ1v) is 10.9. The summed E-state index contributed by atoms with van der Waals surface area (Å²) in [6.07, 6.45) is 5.26. The second kappa shape index (κ2) is 6.96. The van der Waals surface area contributed by atoms with E-state index in [1.807, 2.05) is 21.6 Å². The van der Waals surface area contributed by atoms with Gasteiger partial charge in [-0.3, -0.25) is 19.0 Å². The van der Waals surface area contributed by atoms with E-state index in [0.29, 0.717) is 24.3 Å². The van der Waals surface area contributed by atoms with Crippen LogP contribution in [-0.2, 0) is 13.6 Å². The zero-order chi connectivity index (χ0) is 21.9. The molecule has 3 aliphatic heterocycles. The number of piperazine rings is 1. The average molecular weight is 424 g/mol. The number of anilines is 1. The maximum absolute atomic E-state index is 12.9. The van der Waals surface area contributed by atoms with Gasteiger partial charge in [0.1, 0.15) is 5.82 Å². The Kier molecular flexibility index (Phi) is 4.46. The van der Waals surface area contributed by atoms with Crippen LogP contribution in [0.5, 0.6) is 0 Å². The minimum atomic E-state index is -0.0355. The number of fused-ring (bicyclic) bond motifs is 4. The maximum atomic E-state index is 12.9. The van der Waals surface area contributed by atoms with Crippen molar-refractivity contribution in [2.24, 2.45) is 12.5 Å². The van der Waals surface area contributed by atoms with Crippen LogP contribution < -0.4 is 10.6 Å². The van der Waals surface area contributed by atoms with Crippen LogP contribution in [-0.4, -0.2) is 60.3 Å². The van der Waals surface area contributed by atoms with Crippen molar-refractivity contribution in [3.05, 3.63) is 40.6 Å².